The van der Waals surface area contributed by atoms with E-state index >= 15 is 0 Å². The third kappa shape index (κ3) is 6.03. The molecule has 3 aromatic rings. The number of carbonyl (C=O) groups is 2. The molecule has 3 rings (SSSR count). The third-order valence-electron chi connectivity index (χ3n) is 4.79. The van der Waals surface area contributed by atoms with Crippen LogP contribution >= 0.6 is 0 Å². The summed E-state index contributed by atoms with van der Waals surface area (Å²) < 4.78 is 21.4. The van der Waals surface area contributed by atoms with Gasteiger partial charge in [0.15, 0.2) is 0 Å². The molecule has 33 heavy (non-hydrogen) atoms. The topological polar surface area (TPSA) is 104 Å². The van der Waals surface area contributed by atoms with Crippen molar-refractivity contribution in [3.05, 3.63) is 46.8 Å². The van der Waals surface area contributed by atoms with Gasteiger partial charge in [0.1, 0.15) is 28.7 Å². The van der Waals surface area contributed by atoms with Gasteiger partial charge in [0, 0.05) is 16.8 Å². The first-order valence-electron chi connectivity index (χ1n) is 10.7. The van der Waals surface area contributed by atoms with E-state index in [2.05, 4.69) is 5.32 Å². The fraction of sp³-hybridized carbons (Fsp3) is 0.400. The number of fused-ring (bicyclic) bond motifs is 3. The predicted octanol–water partition coefficient (Wildman–Crippen LogP) is 4.80. The number of alkyl carbamates (subject to hydrolysis) is 1. The zero-order valence-electron chi connectivity index (χ0n) is 19.7. The van der Waals surface area contributed by atoms with E-state index in [-0.39, 0.29) is 17.3 Å². The van der Waals surface area contributed by atoms with Gasteiger partial charge in [-0.1, -0.05) is 13.8 Å². The summed E-state index contributed by atoms with van der Waals surface area (Å²) in [6, 6.07) is 9.08. The Labute approximate surface area is 191 Å². The molecule has 0 spiro atoms. The maximum atomic E-state index is 12.8. The molecule has 2 aromatic carbocycles. The molecule has 8 heteroatoms. The average molecular weight is 456 g/mol. The van der Waals surface area contributed by atoms with Crippen LogP contribution in [-0.2, 0) is 9.53 Å². The van der Waals surface area contributed by atoms with Crippen LogP contribution in [0.25, 0.3) is 21.7 Å². The van der Waals surface area contributed by atoms with E-state index in [0.29, 0.717) is 28.3 Å². The lowest BCUT2D eigenvalue weighted by Gasteiger charge is -2.23. The average Bonchev–Trinajstić information content (AvgIpc) is 2.71. The van der Waals surface area contributed by atoms with Crippen LogP contribution in [0.1, 0.15) is 41.0 Å². The van der Waals surface area contributed by atoms with Crippen LogP contribution in [0.2, 0.25) is 0 Å². The molecular weight excluding hydrogens is 426 g/mol. The van der Waals surface area contributed by atoms with Crippen molar-refractivity contribution in [2.45, 2.75) is 52.7 Å². The van der Waals surface area contributed by atoms with E-state index in [1.54, 1.807) is 51.1 Å². The first kappa shape index (κ1) is 24.1. The second-order valence-electron chi connectivity index (χ2n) is 9.21. The number of ether oxygens (including phenoxy) is 3. The molecule has 0 saturated heterocycles. The van der Waals surface area contributed by atoms with Crippen LogP contribution < -0.4 is 20.4 Å². The van der Waals surface area contributed by atoms with Crippen molar-refractivity contribution in [3.63, 3.8) is 0 Å². The number of carbonyl (C=O) groups excluding carboxylic acids is 2. The lowest BCUT2D eigenvalue weighted by Crippen LogP contribution is -2.45. The second-order valence-corrected chi connectivity index (χ2v) is 9.21. The molecule has 1 amide bonds. The first-order chi connectivity index (χ1) is 15.5. The molecule has 0 aliphatic carbocycles. The summed E-state index contributed by atoms with van der Waals surface area (Å²) >= 11 is 0. The smallest absolute Gasteiger partial charge is 0.408 e. The Balaban J connectivity index is 1.87. The van der Waals surface area contributed by atoms with Crippen molar-refractivity contribution in [3.8, 4) is 11.5 Å². The van der Waals surface area contributed by atoms with Gasteiger partial charge in [-0.2, -0.15) is 0 Å². The van der Waals surface area contributed by atoms with Crippen LogP contribution in [-0.4, -0.2) is 30.8 Å². The van der Waals surface area contributed by atoms with Crippen molar-refractivity contribution >= 4 is 33.8 Å². The highest BCUT2D eigenvalue weighted by molar-refractivity contribution is 6.05. The summed E-state index contributed by atoms with van der Waals surface area (Å²) in [7, 11) is 1.52. The van der Waals surface area contributed by atoms with Crippen LogP contribution in [0.15, 0.2) is 45.6 Å². The normalized spacial score (nSPS) is 12.6. The van der Waals surface area contributed by atoms with Gasteiger partial charge in [0.25, 0.3) is 0 Å². The fourth-order valence-corrected chi connectivity index (χ4v) is 3.40. The molecule has 1 heterocycles. The second kappa shape index (κ2) is 9.52. The Hall–Kier alpha value is -3.55. The summed E-state index contributed by atoms with van der Waals surface area (Å²) in [6.45, 7) is 9.09. The number of methoxy groups -OCH3 is 1. The number of esters is 1. The Morgan fingerprint density at radius 3 is 2.30 bits per heavy atom. The van der Waals surface area contributed by atoms with Gasteiger partial charge in [-0.15, -0.1) is 0 Å². The van der Waals surface area contributed by atoms with E-state index < -0.39 is 29.3 Å². The minimum Gasteiger partial charge on any atom is -0.497 e. The monoisotopic (exact) mass is 455 g/mol. The molecule has 0 unspecified atom stereocenters. The van der Waals surface area contributed by atoms with Gasteiger partial charge in [-0.3, -0.25) is 0 Å². The first-order valence-corrected chi connectivity index (χ1v) is 10.7. The number of nitrogens with one attached hydrogen (secondary N) is 1. The standard InChI is InChI=1S/C25H29NO7/c1-14(2)11-20(26-24(29)33-25(3,4)5)23(28)31-16-8-10-18-17-9-7-15(30-6)12-19(17)22(27)32-21(18)13-16/h7-10,12-14,20H,11H2,1-6H3,(H,26,29)/t20-/m0/s1. The molecule has 0 fully saturated rings. The number of hydrogen-bond donors (Lipinski definition) is 1. The molecule has 8 nitrogen and oxygen atoms in total. The van der Waals surface area contributed by atoms with E-state index in [1.165, 1.54) is 13.2 Å². The number of benzene rings is 2. The zero-order valence-corrected chi connectivity index (χ0v) is 19.7. The summed E-state index contributed by atoms with van der Waals surface area (Å²) in [5, 5.41) is 4.37. The SMILES string of the molecule is COc1ccc2c(c1)c(=O)oc1cc(OC(=O)[C@H](CC(C)C)NC(=O)OC(C)(C)C)ccc12. The van der Waals surface area contributed by atoms with Gasteiger partial charge in [-0.25, -0.2) is 14.4 Å². The van der Waals surface area contributed by atoms with E-state index in [0.717, 1.165) is 0 Å². The minimum atomic E-state index is -0.897. The van der Waals surface area contributed by atoms with Crippen LogP contribution in [0.5, 0.6) is 11.5 Å². The Morgan fingerprint density at radius 1 is 1.00 bits per heavy atom. The van der Waals surface area contributed by atoms with Gasteiger partial charge in [0.2, 0.25) is 0 Å². The highest BCUT2D eigenvalue weighted by Crippen LogP contribution is 2.28. The summed E-state index contributed by atoms with van der Waals surface area (Å²) in [5.41, 5.74) is -0.938. The number of rotatable bonds is 6. The number of hydrogen-bond acceptors (Lipinski definition) is 7. The third-order valence-corrected chi connectivity index (χ3v) is 4.79. The molecule has 1 aromatic heterocycles. The zero-order chi connectivity index (χ0) is 24.3. The largest absolute Gasteiger partial charge is 0.497 e. The van der Waals surface area contributed by atoms with E-state index in [9.17, 15) is 14.4 Å². The molecule has 0 saturated carbocycles. The van der Waals surface area contributed by atoms with Crippen LogP contribution in [0.4, 0.5) is 4.79 Å². The Bertz CT molecular complexity index is 1240. The molecule has 0 bridgehead atoms. The molecule has 176 valence electrons. The highest BCUT2D eigenvalue weighted by atomic mass is 16.6. The van der Waals surface area contributed by atoms with Gasteiger partial charge in [-0.05, 0) is 63.4 Å². The van der Waals surface area contributed by atoms with Crippen molar-refractivity contribution in [1.29, 1.82) is 0 Å². The van der Waals surface area contributed by atoms with Gasteiger partial charge in [0.05, 0.1) is 12.5 Å². The summed E-state index contributed by atoms with van der Waals surface area (Å²) in [4.78, 5) is 37.5. The molecular formula is C25H29NO7. The minimum absolute atomic E-state index is 0.121. The van der Waals surface area contributed by atoms with Crippen LogP contribution in [0, 0.1) is 5.92 Å². The quantitative estimate of drug-likeness (QED) is 0.246. The summed E-state index contributed by atoms with van der Waals surface area (Å²) in [6.07, 6.45) is -0.329. The van der Waals surface area contributed by atoms with Crippen molar-refractivity contribution in [2.24, 2.45) is 5.92 Å². The van der Waals surface area contributed by atoms with E-state index in [4.69, 9.17) is 18.6 Å². The Kier molecular flexibility index (Phi) is 6.95. The van der Waals surface area contributed by atoms with Gasteiger partial charge >= 0.3 is 17.7 Å². The van der Waals surface area contributed by atoms with Gasteiger partial charge < -0.3 is 23.9 Å². The van der Waals surface area contributed by atoms with Crippen molar-refractivity contribution in [2.75, 3.05) is 7.11 Å². The van der Waals surface area contributed by atoms with E-state index in [1.807, 2.05) is 13.8 Å². The lowest BCUT2D eigenvalue weighted by molar-refractivity contribution is -0.137. The molecule has 1 N–H and O–H groups in total. The van der Waals surface area contributed by atoms with Crippen molar-refractivity contribution < 1.29 is 28.2 Å². The maximum absolute atomic E-state index is 12.8. The highest BCUT2D eigenvalue weighted by Gasteiger charge is 2.27. The van der Waals surface area contributed by atoms with Crippen molar-refractivity contribution in [1.82, 2.24) is 5.32 Å². The molecule has 0 aliphatic heterocycles. The fourth-order valence-electron chi connectivity index (χ4n) is 3.40. The lowest BCUT2D eigenvalue weighted by atomic mass is 10.0. The number of amides is 1. The predicted molar refractivity (Wildman–Crippen MR) is 125 cm³/mol. The Morgan fingerprint density at radius 2 is 1.67 bits per heavy atom. The molecule has 1 atom stereocenters. The maximum Gasteiger partial charge on any atom is 0.408 e. The summed E-state index contributed by atoms with van der Waals surface area (Å²) in [5.74, 6) is 0.230. The molecule has 0 radical (unpaired) electrons. The molecule has 0 aliphatic rings. The van der Waals surface area contributed by atoms with Crippen LogP contribution in [0.3, 0.4) is 0 Å².